The van der Waals surface area contributed by atoms with E-state index in [1.54, 1.807) is 18.2 Å². The molecule has 0 spiro atoms. The van der Waals surface area contributed by atoms with Gasteiger partial charge in [0, 0.05) is 22.5 Å². The molecule has 0 radical (unpaired) electrons. The highest BCUT2D eigenvalue weighted by molar-refractivity contribution is 9.10. The molecule has 1 heterocycles. The molecule has 6 nitrogen and oxygen atoms in total. The van der Waals surface area contributed by atoms with Gasteiger partial charge in [0.1, 0.15) is 0 Å². The van der Waals surface area contributed by atoms with Gasteiger partial charge >= 0.3 is 12.0 Å². The second-order valence-electron chi connectivity index (χ2n) is 4.39. The van der Waals surface area contributed by atoms with E-state index in [9.17, 15) is 14.7 Å². The standard InChI is InChI=1S/C12H12BrClN2O4/c13-8-5-7(14)1-2-9(8)15-11(19)16-12(10(17)18)3-4-20-6-12/h1-2,5H,3-4,6H2,(H,17,18)(H2,15,16,19). The SMILES string of the molecule is O=C(Nc1ccc(Cl)cc1Br)NC1(C(=O)O)CCOC1. The predicted molar refractivity (Wildman–Crippen MR) is 77.1 cm³/mol. The molecule has 1 fully saturated rings. The number of carboxylic acid groups (broad SMARTS) is 1. The molecular weight excluding hydrogens is 351 g/mol. The van der Waals surface area contributed by atoms with Crippen LogP contribution in [-0.4, -0.2) is 35.9 Å². The summed E-state index contributed by atoms with van der Waals surface area (Å²) in [4.78, 5) is 23.2. The predicted octanol–water partition coefficient (Wildman–Crippen LogP) is 2.47. The second-order valence-corrected chi connectivity index (χ2v) is 5.68. The number of carbonyl (C=O) groups is 2. The number of anilines is 1. The third-order valence-corrected chi connectivity index (χ3v) is 3.85. The summed E-state index contributed by atoms with van der Waals surface area (Å²) in [5, 5.41) is 14.8. The summed E-state index contributed by atoms with van der Waals surface area (Å²) in [5.41, 5.74) is -0.880. The number of ether oxygens (including phenoxy) is 1. The molecule has 0 aliphatic carbocycles. The molecule has 1 aliphatic heterocycles. The largest absolute Gasteiger partial charge is 0.479 e. The van der Waals surface area contributed by atoms with E-state index in [4.69, 9.17) is 16.3 Å². The lowest BCUT2D eigenvalue weighted by Gasteiger charge is -2.24. The zero-order valence-corrected chi connectivity index (χ0v) is 12.6. The molecule has 108 valence electrons. The van der Waals surface area contributed by atoms with Gasteiger partial charge in [0.05, 0.1) is 12.3 Å². The molecular formula is C12H12BrClN2O4. The Labute approximate surface area is 128 Å². The van der Waals surface area contributed by atoms with Crippen molar-refractivity contribution in [3.05, 3.63) is 27.7 Å². The number of benzene rings is 1. The lowest BCUT2D eigenvalue weighted by Crippen LogP contribution is -2.56. The van der Waals surface area contributed by atoms with Crippen LogP contribution in [0.25, 0.3) is 0 Å². The number of aliphatic carboxylic acids is 1. The smallest absolute Gasteiger partial charge is 0.332 e. The number of urea groups is 1. The van der Waals surface area contributed by atoms with Crippen molar-refractivity contribution in [2.24, 2.45) is 0 Å². The van der Waals surface area contributed by atoms with Gasteiger partial charge in [0.15, 0.2) is 5.54 Å². The number of hydrogen-bond donors (Lipinski definition) is 3. The first kappa shape index (κ1) is 15.1. The van der Waals surface area contributed by atoms with E-state index in [0.29, 0.717) is 21.8 Å². The molecule has 20 heavy (non-hydrogen) atoms. The highest BCUT2D eigenvalue weighted by Gasteiger charge is 2.44. The maximum absolute atomic E-state index is 11.9. The minimum absolute atomic E-state index is 0.0441. The number of hydrogen-bond acceptors (Lipinski definition) is 3. The van der Waals surface area contributed by atoms with Crippen LogP contribution in [0.1, 0.15) is 6.42 Å². The van der Waals surface area contributed by atoms with Crippen LogP contribution in [0, 0.1) is 0 Å². The molecule has 1 aliphatic rings. The lowest BCUT2D eigenvalue weighted by atomic mass is 9.99. The Morgan fingerprint density at radius 2 is 2.20 bits per heavy atom. The fourth-order valence-corrected chi connectivity index (χ4v) is 2.63. The van der Waals surface area contributed by atoms with Gasteiger partial charge in [-0.2, -0.15) is 0 Å². The van der Waals surface area contributed by atoms with E-state index in [2.05, 4.69) is 26.6 Å². The van der Waals surface area contributed by atoms with Crippen LogP contribution < -0.4 is 10.6 Å². The Kier molecular flexibility index (Phi) is 4.52. The maximum Gasteiger partial charge on any atom is 0.332 e. The van der Waals surface area contributed by atoms with E-state index >= 15 is 0 Å². The summed E-state index contributed by atoms with van der Waals surface area (Å²) in [7, 11) is 0. The molecule has 1 atom stereocenters. The Morgan fingerprint density at radius 3 is 2.75 bits per heavy atom. The first-order valence-electron chi connectivity index (χ1n) is 5.78. The first-order chi connectivity index (χ1) is 9.43. The molecule has 1 aromatic carbocycles. The number of rotatable bonds is 3. The number of halogens is 2. The van der Waals surface area contributed by atoms with Crippen LogP contribution in [0.5, 0.6) is 0 Å². The van der Waals surface area contributed by atoms with E-state index in [-0.39, 0.29) is 13.0 Å². The van der Waals surface area contributed by atoms with Crippen molar-refractivity contribution < 1.29 is 19.4 Å². The topological polar surface area (TPSA) is 87.7 Å². The Balaban J connectivity index is 2.07. The zero-order valence-electron chi connectivity index (χ0n) is 10.3. The number of nitrogens with one attached hydrogen (secondary N) is 2. The van der Waals surface area contributed by atoms with E-state index in [1.165, 1.54) is 0 Å². The lowest BCUT2D eigenvalue weighted by molar-refractivity contribution is -0.144. The van der Waals surface area contributed by atoms with Gasteiger partial charge in [-0.25, -0.2) is 9.59 Å². The molecule has 0 aromatic heterocycles. The van der Waals surface area contributed by atoms with Gasteiger partial charge in [-0.1, -0.05) is 11.6 Å². The molecule has 8 heteroatoms. The van der Waals surface area contributed by atoms with Crippen molar-refractivity contribution in [2.45, 2.75) is 12.0 Å². The minimum Gasteiger partial charge on any atom is -0.479 e. The van der Waals surface area contributed by atoms with Crippen molar-refractivity contribution in [1.82, 2.24) is 5.32 Å². The summed E-state index contributed by atoms with van der Waals surface area (Å²) in [6, 6.07) is 4.25. The average molecular weight is 364 g/mol. The molecule has 1 unspecified atom stereocenters. The minimum atomic E-state index is -1.37. The summed E-state index contributed by atoms with van der Waals surface area (Å²) >= 11 is 9.06. The molecule has 0 bridgehead atoms. The zero-order chi connectivity index (χ0) is 14.8. The number of amides is 2. The molecule has 1 aromatic rings. The Hall–Kier alpha value is -1.31. The summed E-state index contributed by atoms with van der Waals surface area (Å²) in [5.74, 6) is -1.11. The third-order valence-electron chi connectivity index (χ3n) is 2.96. The van der Waals surface area contributed by atoms with Crippen LogP contribution >= 0.6 is 27.5 Å². The van der Waals surface area contributed by atoms with Gasteiger partial charge in [-0.05, 0) is 34.1 Å². The van der Waals surface area contributed by atoms with E-state index in [1.807, 2.05) is 0 Å². The fraction of sp³-hybridized carbons (Fsp3) is 0.333. The van der Waals surface area contributed by atoms with Crippen molar-refractivity contribution in [3.63, 3.8) is 0 Å². The van der Waals surface area contributed by atoms with Crippen molar-refractivity contribution in [1.29, 1.82) is 0 Å². The molecule has 2 rings (SSSR count). The third kappa shape index (κ3) is 3.23. The molecule has 3 N–H and O–H groups in total. The second kappa shape index (κ2) is 5.99. The summed E-state index contributed by atoms with van der Waals surface area (Å²) in [6.07, 6.45) is 0.234. The Bertz CT molecular complexity index is 546. The Morgan fingerprint density at radius 1 is 1.45 bits per heavy atom. The van der Waals surface area contributed by atoms with Crippen LogP contribution in [0.2, 0.25) is 5.02 Å². The van der Waals surface area contributed by atoms with E-state index < -0.39 is 17.5 Å². The van der Waals surface area contributed by atoms with Gasteiger partial charge < -0.3 is 20.5 Å². The molecule has 2 amide bonds. The quantitative estimate of drug-likeness (QED) is 0.770. The number of carbonyl (C=O) groups excluding carboxylic acids is 1. The monoisotopic (exact) mass is 362 g/mol. The van der Waals surface area contributed by atoms with Crippen LogP contribution in [0.4, 0.5) is 10.5 Å². The first-order valence-corrected chi connectivity index (χ1v) is 6.95. The van der Waals surface area contributed by atoms with Crippen molar-refractivity contribution in [2.75, 3.05) is 18.5 Å². The van der Waals surface area contributed by atoms with Gasteiger partial charge in [0.2, 0.25) is 0 Å². The average Bonchev–Trinajstić information content (AvgIpc) is 2.82. The van der Waals surface area contributed by atoms with Crippen LogP contribution in [0.15, 0.2) is 22.7 Å². The van der Waals surface area contributed by atoms with Crippen molar-refractivity contribution in [3.8, 4) is 0 Å². The van der Waals surface area contributed by atoms with Crippen LogP contribution in [0.3, 0.4) is 0 Å². The highest BCUT2D eigenvalue weighted by Crippen LogP contribution is 2.26. The summed E-state index contributed by atoms with van der Waals surface area (Å²) < 4.78 is 5.67. The van der Waals surface area contributed by atoms with E-state index in [0.717, 1.165) is 0 Å². The number of carboxylic acids is 1. The normalized spacial score (nSPS) is 21.5. The summed E-state index contributed by atoms with van der Waals surface area (Å²) in [6.45, 7) is 0.259. The maximum atomic E-state index is 11.9. The fourth-order valence-electron chi connectivity index (χ4n) is 1.85. The molecule has 1 saturated heterocycles. The van der Waals surface area contributed by atoms with Crippen molar-refractivity contribution >= 4 is 45.2 Å². The van der Waals surface area contributed by atoms with Crippen LogP contribution in [-0.2, 0) is 9.53 Å². The molecule has 0 saturated carbocycles. The highest BCUT2D eigenvalue weighted by atomic mass is 79.9. The van der Waals surface area contributed by atoms with Gasteiger partial charge in [-0.3, -0.25) is 0 Å². The van der Waals surface area contributed by atoms with Gasteiger partial charge in [-0.15, -0.1) is 0 Å². The van der Waals surface area contributed by atoms with Gasteiger partial charge in [0.25, 0.3) is 0 Å².